The molecule has 2 fully saturated rings. The summed E-state index contributed by atoms with van der Waals surface area (Å²) in [5.41, 5.74) is 3.90. The Bertz CT molecular complexity index is 1450. The molecule has 0 aliphatic carbocycles. The van der Waals surface area contributed by atoms with Crippen LogP contribution in [0.5, 0.6) is 11.5 Å². The number of benzene rings is 3. The second-order valence-electron chi connectivity index (χ2n) is 9.99. The minimum atomic E-state index is -5.08. The van der Waals surface area contributed by atoms with E-state index in [1.54, 1.807) is 24.3 Å². The number of nitrogens with zero attached hydrogens (tertiary/aromatic N) is 1. The predicted molar refractivity (Wildman–Crippen MR) is 140 cm³/mol. The Morgan fingerprint density at radius 1 is 1.02 bits per heavy atom. The number of aliphatic carboxylic acids is 1. The molecule has 0 unspecified atom stereocenters. The Morgan fingerprint density at radius 3 is 2.51 bits per heavy atom. The van der Waals surface area contributed by atoms with Crippen LogP contribution in [-0.4, -0.2) is 60.0 Å². The molecule has 0 saturated carbocycles. The zero-order valence-corrected chi connectivity index (χ0v) is 21.7. The Kier molecular flexibility index (Phi) is 8.13. The van der Waals surface area contributed by atoms with Gasteiger partial charge in [0.05, 0.1) is 0 Å². The van der Waals surface area contributed by atoms with Gasteiger partial charge < -0.3 is 25.2 Å². The molecular weight excluding hydrogens is 546 g/mol. The van der Waals surface area contributed by atoms with Crippen molar-refractivity contribution in [2.24, 2.45) is 0 Å². The number of nitrogens with one attached hydrogen (secondary N) is 2. The maximum atomic E-state index is 14.8. The van der Waals surface area contributed by atoms with Crippen LogP contribution in [0.4, 0.5) is 17.6 Å². The molecule has 3 aliphatic heterocycles. The smallest absolute Gasteiger partial charge is 0.475 e. The van der Waals surface area contributed by atoms with Crippen molar-refractivity contribution in [2.45, 2.75) is 37.8 Å². The molecule has 12 heteroatoms. The minimum absolute atomic E-state index is 0.163. The lowest BCUT2D eigenvalue weighted by Crippen LogP contribution is -2.42. The van der Waals surface area contributed by atoms with Gasteiger partial charge in [0, 0.05) is 49.4 Å². The van der Waals surface area contributed by atoms with Gasteiger partial charge in [-0.3, -0.25) is 9.69 Å². The van der Waals surface area contributed by atoms with Gasteiger partial charge in [-0.1, -0.05) is 24.3 Å². The number of carbonyl (C=O) groups excluding carboxylic acids is 1. The molecule has 3 N–H and O–H groups in total. The Balaban J connectivity index is 0.000000431. The number of hydrogen-bond donors (Lipinski definition) is 3. The van der Waals surface area contributed by atoms with Gasteiger partial charge in [-0.2, -0.15) is 13.2 Å². The molecule has 0 radical (unpaired) electrons. The first-order valence-electron chi connectivity index (χ1n) is 12.9. The first kappa shape index (κ1) is 28.4. The minimum Gasteiger partial charge on any atom is -0.475 e. The van der Waals surface area contributed by atoms with Crippen LogP contribution in [0.3, 0.4) is 0 Å². The predicted octanol–water partition coefficient (Wildman–Crippen LogP) is 4.33. The maximum absolute atomic E-state index is 14.8. The summed E-state index contributed by atoms with van der Waals surface area (Å²) in [6.45, 7) is 3.46. The molecule has 2 atom stereocenters. The van der Waals surface area contributed by atoms with Crippen molar-refractivity contribution >= 4 is 11.9 Å². The van der Waals surface area contributed by atoms with E-state index >= 15 is 0 Å². The van der Waals surface area contributed by atoms with Crippen molar-refractivity contribution in [3.8, 4) is 22.6 Å². The fraction of sp³-hybridized carbons (Fsp3) is 0.310. The van der Waals surface area contributed by atoms with Crippen LogP contribution in [0, 0.1) is 5.82 Å². The average Bonchev–Trinajstić information content (AvgIpc) is 3.69. The summed E-state index contributed by atoms with van der Waals surface area (Å²) < 4.78 is 57.1. The monoisotopic (exact) mass is 573 g/mol. The first-order chi connectivity index (χ1) is 19.6. The molecule has 0 spiro atoms. The molecule has 3 aliphatic rings. The van der Waals surface area contributed by atoms with E-state index in [0.29, 0.717) is 41.3 Å². The number of alkyl halides is 3. The standard InChI is InChI=1S/C27H26FN3O3.C2HF3O2/c28-24-6-4-17(12-30-27(32)20-5-7-25-26(10-20)34-16-33-25)9-23(24)19-3-1-2-18(8-19)14-31-15-21-11-22(31)13-29-21;3-2(4,5)1(6)7/h1-10,21-22,29H,11-16H2,(H,30,32);(H,6,7)/t21-,22-;/m0./s1. The molecule has 3 aromatic carbocycles. The summed E-state index contributed by atoms with van der Waals surface area (Å²) in [7, 11) is 0. The van der Waals surface area contributed by atoms with Crippen LogP contribution < -0.4 is 20.1 Å². The van der Waals surface area contributed by atoms with Crippen molar-refractivity contribution in [2.75, 3.05) is 19.9 Å². The number of hydrogen-bond acceptors (Lipinski definition) is 6. The van der Waals surface area contributed by atoms with Crippen LogP contribution in [0.25, 0.3) is 11.1 Å². The van der Waals surface area contributed by atoms with E-state index < -0.39 is 12.1 Å². The van der Waals surface area contributed by atoms with Gasteiger partial charge in [-0.25, -0.2) is 9.18 Å². The van der Waals surface area contributed by atoms with Crippen molar-refractivity contribution in [1.29, 1.82) is 0 Å². The second kappa shape index (κ2) is 11.8. The van der Waals surface area contributed by atoms with Crippen molar-refractivity contribution in [1.82, 2.24) is 15.5 Å². The first-order valence-corrected chi connectivity index (χ1v) is 12.9. The number of rotatable bonds is 6. The molecule has 2 saturated heterocycles. The van der Waals surface area contributed by atoms with E-state index in [0.717, 1.165) is 30.8 Å². The normalized spacial score (nSPS) is 19.0. The van der Waals surface area contributed by atoms with Gasteiger partial charge in [0.2, 0.25) is 6.79 Å². The van der Waals surface area contributed by atoms with E-state index in [1.165, 1.54) is 18.1 Å². The van der Waals surface area contributed by atoms with Crippen molar-refractivity contribution in [3.63, 3.8) is 0 Å². The average molecular weight is 574 g/mol. The van der Waals surface area contributed by atoms with E-state index in [9.17, 15) is 22.4 Å². The molecule has 8 nitrogen and oxygen atoms in total. The van der Waals surface area contributed by atoms with Crippen LogP contribution >= 0.6 is 0 Å². The SMILES string of the molecule is O=C(NCc1ccc(F)c(-c2cccc(CN3C[C@@H]4C[C@H]3CN4)c2)c1)c1ccc2c(c1)OCO2.O=C(O)C(F)(F)F. The Labute approximate surface area is 232 Å². The number of ether oxygens (including phenoxy) is 2. The third-order valence-corrected chi connectivity index (χ3v) is 7.15. The van der Waals surface area contributed by atoms with Gasteiger partial charge in [-0.15, -0.1) is 0 Å². The molecule has 216 valence electrons. The number of carboxylic acid groups (broad SMARTS) is 1. The molecule has 3 heterocycles. The van der Waals surface area contributed by atoms with E-state index in [1.807, 2.05) is 18.2 Å². The number of amides is 1. The van der Waals surface area contributed by atoms with Gasteiger partial charge in [-0.05, 0) is 59.5 Å². The molecular formula is C29H27F4N3O5. The molecule has 41 heavy (non-hydrogen) atoms. The quantitative estimate of drug-likeness (QED) is 0.378. The summed E-state index contributed by atoms with van der Waals surface area (Å²) in [4.78, 5) is 24.0. The lowest BCUT2D eigenvalue weighted by molar-refractivity contribution is -0.192. The molecule has 2 bridgehead atoms. The van der Waals surface area contributed by atoms with Gasteiger partial charge in [0.25, 0.3) is 5.91 Å². The summed E-state index contributed by atoms with van der Waals surface area (Å²) >= 11 is 0. The lowest BCUT2D eigenvalue weighted by atomic mass is 10.00. The third-order valence-electron chi connectivity index (χ3n) is 7.15. The molecule has 0 aromatic heterocycles. The van der Waals surface area contributed by atoms with Crippen LogP contribution in [-0.2, 0) is 17.9 Å². The highest BCUT2D eigenvalue weighted by molar-refractivity contribution is 5.94. The summed E-state index contributed by atoms with van der Waals surface area (Å²) in [5, 5.41) is 13.6. The molecule has 1 amide bonds. The molecule has 6 rings (SSSR count). The van der Waals surface area contributed by atoms with Crippen LogP contribution in [0.1, 0.15) is 27.9 Å². The number of piperazine rings is 1. The van der Waals surface area contributed by atoms with E-state index in [4.69, 9.17) is 19.4 Å². The zero-order chi connectivity index (χ0) is 29.1. The fourth-order valence-corrected chi connectivity index (χ4v) is 5.14. The highest BCUT2D eigenvalue weighted by Crippen LogP contribution is 2.33. The number of halogens is 4. The topological polar surface area (TPSA) is 100 Å². The van der Waals surface area contributed by atoms with E-state index in [-0.39, 0.29) is 18.5 Å². The number of likely N-dealkylation sites (tertiary alicyclic amines) is 1. The second-order valence-corrected chi connectivity index (χ2v) is 9.99. The van der Waals surface area contributed by atoms with Crippen molar-refractivity contribution in [3.05, 3.63) is 83.2 Å². The lowest BCUT2D eigenvalue weighted by Gasteiger charge is -2.27. The van der Waals surface area contributed by atoms with Crippen LogP contribution in [0.2, 0.25) is 0 Å². The number of carboxylic acids is 1. The number of carbonyl (C=O) groups is 2. The fourth-order valence-electron chi connectivity index (χ4n) is 5.14. The molecule has 3 aromatic rings. The van der Waals surface area contributed by atoms with Crippen molar-refractivity contribution < 1.29 is 41.7 Å². The zero-order valence-electron chi connectivity index (χ0n) is 21.7. The van der Waals surface area contributed by atoms with E-state index in [2.05, 4.69) is 27.7 Å². The highest BCUT2D eigenvalue weighted by atomic mass is 19.4. The van der Waals surface area contributed by atoms with Crippen LogP contribution in [0.15, 0.2) is 60.7 Å². The van der Waals surface area contributed by atoms with Gasteiger partial charge >= 0.3 is 12.1 Å². The van der Waals surface area contributed by atoms with Gasteiger partial charge in [0.15, 0.2) is 11.5 Å². The summed E-state index contributed by atoms with van der Waals surface area (Å²) in [6, 6.07) is 19.4. The largest absolute Gasteiger partial charge is 0.490 e. The maximum Gasteiger partial charge on any atom is 0.490 e. The number of fused-ring (bicyclic) bond motifs is 3. The summed E-state index contributed by atoms with van der Waals surface area (Å²) in [6.07, 6.45) is -3.87. The third kappa shape index (κ3) is 6.77. The Morgan fingerprint density at radius 2 is 1.80 bits per heavy atom. The van der Waals surface area contributed by atoms with Gasteiger partial charge in [0.1, 0.15) is 5.82 Å². The summed E-state index contributed by atoms with van der Waals surface area (Å²) in [5.74, 6) is -2.05. The Hall–Kier alpha value is -4.16. The highest BCUT2D eigenvalue weighted by Gasteiger charge is 2.38.